The molecule has 0 fully saturated rings. The zero-order valence-electron chi connectivity index (χ0n) is 14.5. The van der Waals surface area contributed by atoms with Gasteiger partial charge in [-0.1, -0.05) is 45.9 Å². The van der Waals surface area contributed by atoms with Gasteiger partial charge in [0.15, 0.2) is 0 Å². The van der Waals surface area contributed by atoms with Gasteiger partial charge in [-0.05, 0) is 73.1 Å². The Morgan fingerprint density at radius 3 is 2.48 bits per heavy atom. The van der Waals surface area contributed by atoms with E-state index in [1.54, 1.807) is 16.7 Å². The summed E-state index contributed by atoms with van der Waals surface area (Å²) in [6.45, 7) is 11.6. The number of hydrogen-bond donors (Lipinski definition) is 1. The molecule has 1 aromatic rings. The SMILES string of the molecule is CCC(CC)(CNCC(C)C)Cc1ccc2c(c1)CCC2. The molecule has 1 aliphatic rings. The fraction of sp³-hybridized carbons (Fsp3) is 0.700. The van der Waals surface area contributed by atoms with Crippen LogP contribution in [0.1, 0.15) is 63.6 Å². The van der Waals surface area contributed by atoms with Crippen LogP contribution in [0, 0.1) is 11.3 Å². The molecule has 0 aliphatic heterocycles. The molecule has 1 aromatic carbocycles. The molecule has 1 heteroatoms. The lowest BCUT2D eigenvalue weighted by atomic mass is 9.76. The minimum atomic E-state index is 0.418. The minimum Gasteiger partial charge on any atom is -0.316 e. The highest BCUT2D eigenvalue weighted by Crippen LogP contribution is 2.32. The summed E-state index contributed by atoms with van der Waals surface area (Å²) in [6.07, 6.45) is 7.66. The molecule has 0 amide bonds. The van der Waals surface area contributed by atoms with Gasteiger partial charge >= 0.3 is 0 Å². The third-order valence-corrected chi connectivity index (χ3v) is 5.29. The van der Waals surface area contributed by atoms with Crippen LogP contribution in [0.15, 0.2) is 18.2 Å². The predicted octanol–water partition coefficient (Wildman–Crippen LogP) is 4.77. The Morgan fingerprint density at radius 1 is 1.10 bits per heavy atom. The molecule has 1 nitrogen and oxygen atoms in total. The maximum absolute atomic E-state index is 3.70. The Bertz CT molecular complexity index is 443. The second-order valence-electron chi connectivity index (χ2n) is 7.37. The normalized spacial score (nSPS) is 14.7. The van der Waals surface area contributed by atoms with Crippen LogP contribution in [0.2, 0.25) is 0 Å². The largest absolute Gasteiger partial charge is 0.316 e. The van der Waals surface area contributed by atoms with E-state index in [2.05, 4.69) is 51.2 Å². The van der Waals surface area contributed by atoms with Crippen LogP contribution in [0.4, 0.5) is 0 Å². The van der Waals surface area contributed by atoms with E-state index < -0.39 is 0 Å². The van der Waals surface area contributed by atoms with Crippen LogP contribution in [0.3, 0.4) is 0 Å². The Kier molecular flexibility index (Phi) is 5.87. The number of hydrogen-bond acceptors (Lipinski definition) is 1. The van der Waals surface area contributed by atoms with Gasteiger partial charge in [0, 0.05) is 6.54 Å². The van der Waals surface area contributed by atoms with Crippen molar-refractivity contribution in [3.8, 4) is 0 Å². The van der Waals surface area contributed by atoms with Crippen molar-refractivity contribution < 1.29 is 0 Å². The molecule has 0 radical (unpaired) electrons. The highest BCUT2D eigenvalue weighted by Gasteiger charge is 2.26. The molecule has 21 heavy (non-hydrogen) atoms. The molecule has 0 heterocycles. The number of fused-ring (bicyclic) bond motifs is 1. The Hall–Kier alpha value is -0.820. The smallest absolute Gasteiger partial charge is 0.00109 e. The summed E-state index contributed by atoms with van der Waals surface area (Å²) in [5, 5.41) is 3.70. The van der Waals surface area contributed by atoms with Crippen LogP contribution in [-0.4, -0.2) is 13.1 Å². The molecule has 0 unspecified atom stereocenters. The third-order valence-electron chi connectivity index (χ3n) is 5.29. The Balaban J connectivity index is 2.04. The molecule has 0 saturated carbocycles. The van der Waals surface area contributed by atoms with E-state index in [-0.39, 0.29) is 0 Å². The van der Waals surface area contributed by atoms with Crippen molar-refractivity contribution in [1.82, 2.24) is 5.32 Å². The van der Waals surface area contributed by atoms with Crippen LogP contribution in [-0.2, 0) is 19.3 Å². The topological polar surface area (TPSA) is 12.0 Å². The molecule has 2 rings (SSSR count). The molecule has 0 atom stereocenters. The maximum atomic E-state index is 3.70. The monoisotopic (exact) mass is 287 g/mol. The Labute approximate surface area is 131 Å². The molecule has 118 valence electrons. The molecule has 0 spiro atoms. The first-order valence-electron chi connectivity index (χ1n) is 8.90. The minimum absolute atomic E-state index is 0.418. The van der Waals surface area contributed by atoms with Crippen molar-refractivity contribution in [3.63, 3.8) is 0 Å². The van der Waals surface area contributed by atoms with E-state index in [0.717, 1.165) is 19.0 Å². The first kappa shape index (κ1) is 16.5. The maximum Gasteiger partial charge on any atom is 0.00109 e. The van der Waals surface area contributed by atoms with Crippen molar-refractivity contribution >= 4 is 0 Å². The summed E-state index contributed by atoms with van der Waals surface area (Å²) in [5.41, 5.74) is 5.17. The van der Waals surface area contributed by atoms with Crippen molar-refractivity contribution in [2.45, 2.75) is 66.2 Å². The summed E-state index contributed by atoms with van der Waals surface area (Å²) in [6, 6.07) is 7.26. The van der Waals surface area contributed by atoms with Gasteiger partial charge in [0.1, 0.15) is 0 Å². The number of nitrogens with one attached hydrogen (secondary N) is 1. The lowest BCUT2D eigenvalue weighted by Crippen LogP contribution is -2.37. The van der Waals surface area contributed by atoms with Crippen LogP contribution in [0.25, 0.3) is 0 Å². The van der Waals surface area contributed by atoms with E-state index in [1.165, 1.54) is 38.5 Å². The number of rotatable bonds is 8. The van der Waals surface area contributed by atoms with Gasteiger partial charge < -0.3 is 5.32 Å². The second-order valence-corrected chi connectivity index (χ2v) is 7.37. The average Bonchev–Trinajstić information content (AvgIpc) is 2.93. The Morgan fingerprint density at radius 2 is 1.81 bits per heavy atom. The van der Waals surface area contributed by atoms with E-state index in [4.69, 9.17) is 0 Å². The van der Waals surface area contributed by atoms with E-state index in [9.17, 15) is 0 Å². The highest BCUT2D eigenvalue weighted by molar-refractivity contribution is 5.35. The molecular weight excluding hydrogens is 254 g/mol. The predicted molar refractivity (Wildman–Crippen MR) is 92.9 cm³/mol. The first-order chi connectivity index (χ1) is 10.1. The van der Waals surface area contributed by atoms with Crippen molar-refractivity contribution in [2.75, 3.05) is 13.1 Å². The summed E-state index contributed by atoms with van der Waals surface area (Å²) in [4.78, 5) is 0. The van der Waals surface area contributed by atoms with Gasteiger partial charge in [-0.15, -0.1) is 0 Å². The molecule has 1 N–H and O–H groups in total. The first-order valence-corrected chi connectivity index (χ1v) is 8.90. The zero-order chi connectivity index (χ0) is 15.3. The van der Waals surface area contributed by atoms with Gasteiger partial charge in [0.05, 0.1) is 0 Å². The van der Waals surface area contributed by atoms with E-state index in [1.807, 2.05) is 0 Å². The molecule has 0 bridgehead atoms. The van der Waals surface area contributed by atoms with Gasteiger partial charge in [0.25, 0.3) is 0 Å². The van der Waals surface area contributed by atoms with Crippen LogP contribution < -0.4 is 5.32 Å². The summed E-state index contributed by atoms with van der Waals surface area (Å²) in [5.74, 6) is 0.733. The van der Waals surface area contributed by atoms with Crippen molar-refractivity contribution in [1.29, 1.82) is 0 Å². The van der Waals surface area contributed by atoms with Gasteiger partial charge in [-0.2, -0.15) is 0 Å². The fourth-order valence-electron chi connectivity index (χ4n) is 3.61. The van der Waals surface area contributed by atoms with Crippen LogP contribution >= 0.6 is 0 Å². The zero-order valence-corrected chi connectivity index (χ0v) is 14.5. The van der Waals surface area contributed by atoms with Crippen molar-refractivity contribution in [2.24, 2.45) is 11.3 Å². The van der Waals surface area contributed by atoms with Gasteiger partial charge in [-0.3, -0.25) is 0 Å². The molecule has 1 aliphatic carbocycles. The number of aryl methyl sites for hydroxylation is 2. The summed E-state index contributed by atoms with van der Waals surface area (Å²) < 4.78 is 0. The van der Waals surface area contributed by atoms with Crippen LogP contribution in [0.5, 0.6) is 0 Å². The van der Waals surface area contributed by atoms with E-state index >= 15 is 0 Å². The lowest BCUT2D eigenvalue weighted by Gasteiger charge is -2.33. The molecular formula is C20H33N. The molecule has 0 aromatic heterocycles. The lowest BCUT2D eigenvalue weighted by molar-refractivity contribution is 0.243. The van der Waals surface area contributed by atoms with Crippen molar-refractivity contribution in [3.05, 3.63) is 34.9 Å². The summed E-state index contributed by atoms with van der Waals surface area (Å²) >= 11 is 0. The quantitative estimate of drug-likeness (QED) is 0.726. The molecule has 0 saturated heterocycles. The average molecular weight is 287 g/mol. The van der Waals surface area contributed by atoms with E-state index in [0.29, 0.717) is 5.41 Å². The number of benzene rings is 1. The summed E-state index contributed by atoms with van der Waals surface area (Å²) in [7, 11) is 0. The highest BCUT2D eigenvalue weighted by atomic mass is 14.9. The third kappa shape index (κ3) is 4.32. The van der Waals surface area contributed by atoms with Gasteiger partial charge in [-0.25, -0.2) is 0 Å². The fourth-order valence-corrected chi connectivity index (χ4v) is 3.61. The second kappa shape index (κ2) is 7.45. The standard InChI is InChI=1S/C20H33N/c1-5-20(6-2,15-21-14-16(3)4)13-17-10-11-18-8-7-9-19(18)12-17/h10-12,16,21H,5-9,13-15H2,1-4H3. The van der Waals surface area contributed by atoms with Gasteiger partial charge in [0.2, 0.25) is 0 Å².